The van der Waals surface area contributed by atoms with E-state index in [0.717, 1.165) is 17.5 Å². The van der Waals surface area contributed by atoms with Crippen molar-refractivity contribution in [3.63, 3.8) is 0 Å². The fourth-order valence-corrected chi connectivity index (χ4v) is 3.90. The normalized spacial score (nSPS) is 12.0. The van der Waals surface area contributed by atoms with E-state index in [0.29, 0.717) is 29.9 Å². The second kappa shape index (κ2) is 8.87. The van der Waals surface area contributed by atoms with Gasteiger partial charge in [0.25, 0.3) is 0 Å². The lowest BCUT2D eigenvalue weighted by Crippen LogP contribution is -2.19. The number of nitrogens with zero attached hydrogens (tertiary/aromatic N) is 2. The predicted octanol–water partition coefficient (Wildman–Crippen LogP) is 3.94. The van der Waals surface area contributed by atoms with Crippen molar-refractivity contribution in [2.45, 2.75) is 25.8 Å². The molecule has 0 N–H and O–H groups in total. The minimum absolute atomic E-state index is 0.181. The van der Waals surface area contributed by atoms with Crippen molar-refractivity contribution >= 4 is 27.5 Å². The van der Waals surface area contributed by atoms with Crippen molar-refractivity contribution in [1.82, 2.24) is 4.57 Å². The van der Waals surface area contributed by atoms with Gasteiger partial charge in [-0.3, -0.25) is 4.79 Å². The average molecular weight is 372 g/mol. The summed E-state index contributed by atoms with van der Waals surface area (Å²) >= 11 is 1.33. The van der Waals surface area contributed by atoms with Gasteiger partial charge in [0, 0.05) is 20.1 Å². The number of halogens is 1. The largest absolute Gasteiger partial charge is 0.383 e. The fourth-order valence-electron chi connectivity index (χ4n) is 2.81. The molecule has 0 saturated heterocycles. The summed E-state index contributed by atoms with van der Waals surface area (Å²) in [5.74, 6) is -0.494. The molecule has 0 aliphatic heterocycles. The maximum Gasteiger partial charge on any atom is 0.248 e. The molecule has 1 heterocycles. The van der Waals surface area contributed by atoms with E-state index in [9.17, 15) is 9.18 Å². The number of methoxy groups -OCH3 is 1. The van der Waals surface area contributed by atoms with Crippen LogP contribution in [0.2, 0.25) is 0 Å². The van der Waals surface area contributed by atoms with Crippen molar-refractivity contribution in [3.8, 4) is 0 Å². The van der Waals surface area contributed by atoms with E-state index in [-0.39, 0.29) is 11.7 Å². The summed E-state index contributed by atoms with van der Waals surface area (Å²) in [5.41, 5.74) is 1.68. The monoisotopic (exact) mass is 372 g/mol. The summed E-state index contributed by atoms with van der Waals surface area (Å²) in [6.45, 7) is 0.878. The molecule has 2 aromatic carbocycles. The maximum atomic E-state index is 14.2. The first-order chi connectivity index (χ1) is 12.7. The first-order valence-electron chi connectivity index (χ1n) is 8.57. The number of para-hydroxylation sites is 1. The molecule has 26 heavy (non-hydrogen) atoms. The van der Waals surface area contributed by atoms with Gasteiger partial charge in [-0.05, 0) is 30.5 Å². The van der Waals surface area contributed by atoms with Gasteiger partial charge in [0.2, 0.25) is 5.91 Å². The van der Waals surface area contributed by atoms with Crippen LogP contribution in [0.4, 0.5) is 4.39 Å². The van der Waals surface area contributed by atoms with Gasteiger partial charge < -0.3 is 9.30 Å². The van der Waals surface area contributed by atoms with Crippen LogP contribution in [0.1, 0.15) is 18.4 Å². The topological polar surface area (TPSA) is 43.6 Å². The van der Waals surface area contributed by atoms with Crippen LogP contribution in [0.25, 0.3) is 10.2 Å². The first kappa shape index (κ1) is 18.5. The Bertz CT molecular complexity index is 947. The first-order valence-corrected chi connectivity index (χ1v) is 9.39. The number of carbonyl (C=O) groups is 1. The molecule has 0 spiro atoms. The summed E-state index contributed by atoms with van der Waals surface area (Å²) < 4.78 is 21.9. The van der Waals surface area contributed by atoms with Gasteiger partial charge in [0.05, 0.1) is 16.8 Å². The molecule has 3 aromatic rings. The van der Waals surface area contributed by atoms with E-state index < -0.39 is 0 Å². The number of aryl methyl sites for hydroxylation is 1. The van der Waals surface area contributed by atoms with Crippen LogP contribution in [0.3, 0.4) is 0 Å². The molecule has 0 unspecified atom stereocenters. The van der Waals surface area contributed by atoms with Crippen molar-refractivity contribution in [1.29, 1.82) is 0 Å². The molecule has 0 aliphatic rings. The third-order valence-corrected chi connectivity index (χ3v) is 5.13. The van der Waals surface area contributed by atoms with Crippen LogP contribution in [0, 0.1) is 5.82 Å². The zero-order valence-electron chi connectivity index (χ0n) is 14.7. The van der Waals surface area contributed by atoms with Gasteiger partial charge in [-0.25, -0.2) is 4.39 Å². The molecule has 3 rings (SSSR count). The Labute approximate surface area is 155 Å². The summed E-state index contributed by atoms with van der Waals surface area (Å²) in [4.78, 5) is 17.1. The van der Waals surface area contributed by atoms with E-state index in [2.05, 4.69) is 17.1 Å². The second-order valence-electron chi connectivity index (χ2n) is 5.96. The predicted molar refractivity (Wildman–Crippen MR) is 102 cm³/mol. The average Bonchev–Trinajstić information content (AvgIpc) is 2.99. The zero-order chi connectivity index (χ0) is 18.4. The third kappa shape index (κ3) is 4.45. The third-order valence-electron chi connectivity index (χ3n) is 4.09. The maximum absolute atomic E-state index is 14.2. The minimum atomic E-state index is -0.312. The van der Waals surface area contributed by atoms with Crippen LogP contribution >= 0.6 is 11.3 Å². The van der Waals surface area contributed by atoms with Gasteiger partial charge >= 0.3 is 0 Å². The van der Waals surface area contributed by atoms with Gasteiger partial charge in [0.1, 0.15) is 5.82 Å². The van der Waals surface area contributed by atoms with E-state index >= 15 is 0 Å². The minimum Gasteiger partial charge on any atom is -0.383 e. The smallest absolute Gasteiger partial charge is 0.248 e. The second-order valence-corrected chi connectivity index (χ2v) is 6.97. The Kier molecular flexibility index (Phi) is 6.30. The van der Waals surface area contributed by atoms with E-state index in [1.807, 2.05) is 24.3 Å². The van der Waals surface area contributed by atoms with Gasteiger partial charge in [0.15, 0.2) is 4.80 Å². The molecular weight excluding hydrogens is 351 g/mol. The van der Waals surface area contributed by atoms with E-state index in [1.165, 1.54) is 23.0 Å². The molecule has 1 amide bonds. The van der Waals surface area contributed by atoms with Crippen LogP contribution in [0.5, 0.6) is 0 Å². The van der Waals surface area contributed by atoms with E-state index in [1.54, 1.807) is 17.7 Å². The van der Waals surface area contributed by atoms with Crippen LogP contribution in [-0.4, -0.2) is 24.2 Å². The lowest BCUT2D eigenvalue weighted by Gasteiger charge is -2.05. The molecule has 0 saturated carbocycles. The Hall–Kier alpha value is -2.31. The number of thiazole rings is 1. The quantitative estimate of drug-likeness (QED) is 0.631. The molecule has 0 atom stereocenters. The Balaban J connectivity index is 1.79. The highest BCUT2D eigenvalue weighted by atomic mass is 32.1. The molecule has 0 aliphatic carbocycles. The number of rotatable bonds is 7. The Morgan fingerprint density at radius 1 is 1.19 bits per heavy atom. The fraction of sp³-hybridized carbons (Fsp3) is 0.300. The molecule has 0 bridgehead atoms. The molecule has 1 aromatic heterocycles. The molecule has 0 fully saturated rings. The molecule has 136 valence electrons. The van der Waals surface area contributed by atoms with Crippen LogP contribution < -0.4 is 4.80 Å². The molecule has 4 nitrogen and oxygen atoms in total. The summed E-state index contributed by atoms with van der Waals surface area (Å²) in [6.07, 6.45) is 1.95. The highest BCUT2D eigenvalue weighted by Crippen LogP contribution is 2.20. The summed E-state index contributed by atoms with van der Waals surface area (Å²) in [5, 5.41) is 0. The summed E-state index contributed by atoms with van der Waals surface area (Å²) in [6, 6.07) is 15.0. The number of carbonyl (C=O) groups excluding carboxylic acids is 1. The highest BCUT2D eigenvalue weighted by Gasteiger charge is 2.11. The van der Waals surface area contributed by atoms with Crippen LogP contribution in [-0.2, 0) is 22.5 Å². The number of hydrogen-bond donors (Lipinski definition) is 0. The lowest BCUT2D eigenvalue weighted by atomic mass is 10.1. The van der Waals surface area contributed by atoms with Crippen LogP contribution in [0.15, 0.2) is 53.5 Å². The number of fused-ring (bicyclic) bond motifs is 1. The van der Waals surface area contributed by atoms with Crippen molar-refractivity contribution in [2.75, 3.05) is 13.7 Å². The highest BCUT2D eigenvalue weighted by molar-refractivity contribution is 7.16. The van der Waals surface area contributed by atoms with Crippen molar-refractivity contribution in [3.05, 3.63) is 64.7 Å². The Morgan fingerprint density at radius 3 is 2.77 bits per heavy atom. The standard InChI is InChI=1S/C20H21FN2O2S/c1-25-14-13-23-19-16(21)10-6-11-17(19)26-20(23)22-18(24)12-5-9-15-7-3-2-4-8-15/h2-4,6-8,10-11H,5,9,12-14H2,1H3. The van der Waals surface area contributed by atoms with Crippen molar-refractivity contribution < 1.29 is 13.9 Å². The number of hydrogen-bond acceptors (Lipinski definition) is 3. The number of amides is 1. The lowest BCUT2D eigenvalue weighted by molar-refractivity contribution is -0.118. The molecular formula is C20H21FN2O2S. The Morgan fingerprint density at radius 2 is 2.00 bits per heavy atom. The number of aromatic nitrogens is 1. The van der Waals surface area contributed by atoms with Gasteiger partial charge in [-0.15, -0.1) is 0 Å². The van der Waals surface area contributed by atoms with E-state index in [4.69, 9.17) is 4.74 Å². The SMILES string of the molecule is COCCn1c(=NC(=O)CCCc2ccccc2)sc2cccc(F)c21. The molecule has 6 heteroatoms. The van der Waals surface area contributed by atoms with Gasteiger partial charge in [-0.1, -0.05) is 47.7 Å². The number of benzene rings is 2. The molecule has 0 radical (unpaired) electrons. The van der Waals surface area contributed by atoms with Gasteiger partial charge in [-0.2, -0.15) is 4.99 Å². The zero-order valence-corrected chi connectivity index (χ0v) is 15.5. The van der Waals surface area contributed by atoms with Crippen molar-refractivity contribution in [2.24, 2.45) is 4.99 Å². The summed E-state index contributed by atoms with van der Waals surface area (Å²) in [7, 11) is 1.59. The number of ether oxygens (including phenoxy) is 1.